The Hall–Kier alpha value is -2.56. The van der Waals surface area contributed by atoms with E-state index in [1.165, 1.54) is 16.7 Å². The Labute approximate surface area is 144 Å². The Bertz CT molecular complexity index is 677. The van der Waals surface area contributed by atoms with Crippen LogP contribution in [0.4, 0.5) is 0 Å². The average Bonchev–Trinajstić information content (AvgIpc) is 2.57. The molecule has 0 saturated carbocycles. The second-order valence-electron chi connectivity index (χ2n) is 5.77. The van der Waals surface area contributed by atoms with Crippen LogP contribution in [-0.4, -0.2) is 31.6 Å². The molecule has 0 radical (unpaired) electrons. The van der Waals surface area contributed by atoms with Crippen LogP contribution in [-0.2, 0) is 13.0 Å². The predicted octanol–water partition coefficient (Wildman–Crippen LogP) is 2.61. The molecule has 0 aliphatic rings. The van der Waals surface area contributed by atoms with Crippen molar-refractivity contribution < 1.29 is 4.74 Å². The van der Waals surface area contributed by atoms with E-state index in [0.717, 1.165) is 24.6 Å². The van der Waals surface area contributed by atoms with Crippen molar-refractivity contribution in [1.29, 1.82) is 0 Å². The summed E-state index contributed by atoms with van der Waals surface area (Å²) in [4.78, 5) is 8.62. The number of aromatic nitrogens is 1. The molecule has 1 heterocycles. The van der Waals surface area contributed by atoms with Gasteiger partial charge in [0.2, 0.25) is 5.88 Å². The Morgan fingerprint density at radius 2 is 1.88 bits per heavy atom. The van der Waals surface area contributed by atoms with Crippen LogP contribution in [0.15, 0.2) is 41.4 Å². The first kappa shape index (κ1) is 17.8. The second kappa shape index (κ2) is 8.91. The van der Waals surface area contributed by atoms with Crippen molar-refractivity contribution in [3.8, 4) is 5.88 Å². The number of ether oxygens (including phenoxy) is 1. The lowest BCUT2D eigenvalue weighted by Gasteiger charge is -2.12. The normalized spacial score (nSPS) is 11.2. The van der Waals surface area contributed by atoms with Crippen LogP contribution >= 0.6 is 0 Å². The third-order valence-corrected chi connectivity index (χ3v) is 3.64. The molecule has 5 heteroatoms. The highest BCUT2D eigenvalue weighted by atomic mass is 16.5. The van der Waals surface area contributed by atoms with Gasteiger partial charge in [-0.25, -0.2) is 4.98 Å². The number of nitrogens with one attached hydrogen (secondary N) is 2. The molecule has 0 bridgehead atoms. The van der Waals surface area contributed by atoms with E-state index in [9.17, 15) is 0 Å². The van der Waals surface area contributed by atoms with Gasteiger partial charge in [-0.1, -0.05) is 35.4 Å². The smallest absolute Gasteiger partial charge is 0.213 e. The fourth-order valence-corrected chi connectivity index (χ4v) is 2.60. The van der Waals surface area contributed by atoms with Gasteiger partial charge in [0.25, 0.3) is 0 Å². The quantitative estimate of drug-likeness (QED) is 0.633. The molecule has 2 rings (SSSR count). The monoisotopic (exact) mass is 326 g/mol. The highest BCUT2D eigenvalue weighted by Gasteiger charge is 2.02. The van der Waals surface area contributed by atoms with Crippen LogP contribution in [0.25, 0.3) is 0 Å². The molecule has 0 aliphatic heterocycles. The standard InChI is InChI=1S/C19H26N4O/c1-14-10-15(2)12-16(11-14)8-9-21-19(20-3)22-13-17-6-5-7-18(23-17)24-4/h5-7,10-12H,8-9,13H2,1-4H3,(H2,20,21,22). The number of aryl methyl sites for hydroxylation is 2. The van der Waals surface area contributed by atoms with Crippen molar-refractivity contribution in [2.24, 2.45) is 4.99 Å². The maximum atomic E-state index is 5.14. The number of pyridine rings is 1. The molecule has 0 aliphatic carbocycles. The van der Waals surface area contributed by atoms with Gasteiger partial charge in [-0.3, -0.25) is 4.99 Å². The maximum absolute atomic E-state index is 5.14. The van der Waals surface area contributed by atoms with Crippen LogP contribution in [0.5, 0.6) is 5.88 Å². The summed E-state index contributed by atoms with van der Waals surface area (Å²) in [6.45, 7) is 5.69. The minimum atomic E-state index is 0.598. The summed E-state index contributed by atoms with van der Waals surface area (Å²) < 4.78 is 5.14. The van der Waals surface area contributed by atoms with Gasteiger partial charge >= 0.3 is 0 Å². The molecule has 1 aromatic carbocycles. The minimum Gasteiger partial charge on any atom is -0.481 e. The van der Waals surface area contributed by atoms with Gasteiger partial charge in [0.15, 0.2) is 5.96 Å². The molecule has 2 aromatic rings. The Morgan fingerprint density at radius 3 is 2.54 bits per heavy atom. The van der Waals surface area contributed by atoms with Gasteiger partial charge < -0.3 is 15.4 Å². The highest BCUT2D eigenvalue weighted by molar-refractivity contribution is 5.79. The summed E-state index contributed by atoms with van der Waals surface area (Å²) in [5.41, 5.74) is 4.85. The van der Waals surface area contributed by atoms with E-state index in [4.69, 9.17) is 4.74 Å². The van der Waals surface area contributed by atoms with Crippen molar-refractivity contribution in [2.75, 3.05) is 20.7 Å². The lowest BCUT2D eigenvalue weighted by atomic mass is 10.1. The molecule has 0 fully saturated rings. The number of nitrogens with zero attached hydrogens (tertiary/aromatic N) is 2. The van der Waals surface area contributed by atoms with Crippen molar-refractivity contribution in [3.63, 3.8) is 0 Å². The van der Waals surface area contributed by atoms with Gasteiger partial charge in [-0.15, -0.1) is 0 Å². The minimum absolute atomic E-state index is 0.598. The summed E-state index contributed by atoms with van der Waals surface area (Å²) >= 11 is 0. The SMILES string of the molecule is CN=C(NCCc1cc(C)cc(C)c1)NCc1cccc(OC)n1. The van der Waals surface area contributed by atoms with E-state index in [1.54, 1.807) is 14.2 Å². The van der Waals surface area contributed by atoms with Crippen LogP contribution < -0.4 is 15.4 Å². The van der Waals surface area contributed by atoms with E-state index >= 15 is 0 Å². The topological polar surface area (TPSA) is 58.5 Å². The summed E-state index contributed by atoms with van der Waals surface area (Å²) in [6, 6.07) is 12.4. The van der Waals surface area contributed by atoms with Gasteiger partial charge in [-0.05, 0) is 31.9 Å². The number of aliphatic imine (C=N–C) groups is 1. The van der Waals surface area contributed by atoms with Gasteiger partial charge in [0, 0.05) is 19.7 Å². The molecule has 2 N–H and O–H groups in total. The Balaban J connectivity index is 1.82. The zero-order chi connectivity index (χ0) is 17.4. The van der Waals surface area contributed by atoms with E-state index in [0.29, 0.717) is 12.4 Å². The molecule has 24 heavy (non-hydrogen) atoms. The largest absolute Gasteiger partial charge is 0.481 e. The fraction of sp³-hybridized carbons (Fsp3) is 0.368. The van der Waals surface area contributed by atoms with Gasteiger partial charge in [-0.2, -0.15) is 0 Å². The third kappa shape index (κ3) is 5.57. The molecule has 0 atom stereocenters. The number of hydrogen-bond acceptors (Lipinski definition) is 3. The Morgan fingerprint density at radius 1 is 1.12 bits per heavy atom. The summed E-state index contributed by atoms with van der Waals surface area (Å²) in [6.07, 6.45) is 0.959. The van der Waals surface area contributed by atoms with Crippen LogP contribution in [0.2, 0.25) is 0 Å². The summed E-state index contributed by atoms with van der Waals surface area (Å²) in [5, 5.41) is 6.60. The second-order valence-corrected chi connectivity index (χ2v) is 5.77. The van der Waals surface area contributed by atoms with Crippen LogP contribution in [0.3, 0.4) is 0 Å². The van der Waals surface area contributed by atoms with Gasteiger partial charge in [0.05, 0.1) is 19.3 Å². The molecular weight excluding hydrogens is 300 g/mol. The molecule has 0 unspecified atom stereocenters. The number of guanidine groups is 1. The molecule has 0 amide bonds. The maximum Gasteiger partial charge on any atom is 0.213 e. The first-order valence-electron chi connectivity index (χ1n) is 8.12. The van der Waals surface area contributed by atoms with Gasteiger partial charge in [0.1, 0.15) is 0 Å². The number of rotatable bonds is 6. The molecule has 0 saturated heterocycles. The van der Waals surface area contributed by atoms with E-state index in [1.807, 2.05) is 18.2 Å². The molecule has 1 aromatic heterocycles. The summed E-state index contributed by atoms with van der Waals surface area (Å²) in [5.74, 6) is 1.39. The predicted molar refractivity (Wildman–Crippen MR) is 98.6 cm³/mol. The lowest BCUT2D eigenvalue weighted by molar-refractivity contribution is 0.396. The number of hydrogen-bond donors (Lipinski definition) is 2. The summed E-state index contributed by atoms with van der Waals surface area (Å²) in [7, 11) is 3.39. The van der Waals surface area contributed by atoms with E-state index < -0.39 is 0 Å². The first-order chi connectivity index (χ1) is 11.6. The molecule has 5 nitrogen and oxygen atoms in total. The molecule has 0 spiro atoms. The number of benzene rings is 1. The highest BCUT2D eigenvalue weighted by Crippen LogP contribution is 2.09. The molecular formula is C19H26N4O. The van der Waals surface area contributed by atoms with Crippen molar-refractivity contribution in [3.05, 3.63) is 58.8 Å². The van der Waals surface area contributed by atoms with E-state index in [2.05, 4.69) is 52.7 Å². The van der Waals surface area contributed by atoms with Crippen molar-refractivity contribution >= 4 is 5.96 Å². The van der Waals surface area contributed by atoms with Crippen LogP contribution in [0.1, 0.15) is 22.4 Å². The van der Waals surface area contributed by atoms with Crippen molar-refractivity contribution in [2.45, 2.75) is 26.8 Å². The average molecular weight is 326 g/mol. The zero-order valence-electron chi connectivity index (χ0n) is 14.9. The van der Waals surface area contributed by atoms with Crippen molar-refractivity contribution in [1.82, 2.24) is 15.6 Å². The zero-order valence-corrected chi connectivity index (χ0v) is 14.9. The fourth-order valence-electron chi connectivity index (χ4n) is 2.60. The van der Waals surface area contributed by atoms with Crippen LogP contribution in [0, 0.1) is 13.8 Å². The van der Waals surface area contributed by atoms with E-state index in [-0.39, 0.29) is 0 Å². The lowest BCUT2D eigenvalue weighted by Crippen LogP contribution is -2.38. The molecule has 128 valence electrons. The Kier molecular flexibility index (Phi) is 6.61. The first-order valence-corrected chi connectivity index (χ1v) is 8.12. The number of methoxy groups -OCH3 is 1. The third-order valence-electron chi connectivity index (χ3n) is 3.64.